The van der Waals surface area contributed by atoms with Gasteiger partial charge in [-0.1, -0.05) is 6.07 Å². The van der Waals surface area contributed by atoms with E-state index in [4.69, 9.17) is 15.1 Å². The molecule has 0 bridgehead atoms. The Bertz CT molecular complexity index is 503. The molecule has 0 aliphatic heterocycles. The van der Waals surface area contributed by atoms with E-state index in [0.29, 0.717) is 16.9 Å². The van der Waals surface area contributed by atoms with Gasteiger partial charge in [0.05, 0.1) is 19.1 Å². The molecule has 1 rings (SSSR count). The predicted molar refractivity (Wildman–Crippen MR) is 56.8 cm³/mol. The summed E-state index contributed by atoms with van der Waals surface area (Å²) >= 11 is 0. The molecule has 0 aliphatic rings. The molecule has 0 heterocycles. The van der Waals surface area contributed by atoms with Crippen molar-refractivity contribution in [3.63, 3.8) is 0 Å². The van der Waals surface area contributed by atoms with Gasteiger partial charge in [0.15, 0.2) is 6.07 Å². The average Bonchev–Trinajstić information content (AvgIpc) is 2.25. The highest BCUT2D eigenvalue weighted by Crippen LogP contribution is 2.19. The van der Waals surface area contributed by atoms with Gasteiger partial charge in [0.2, 0.25) is 0 Å². The number of hydrogen-bond donors (Lipinski definition) is 1. The SMILES string of the molecule is COc1ccc(CC(=O)O)cc1C#CC#N. The van der Waals surface area contributed by atoms with Crippen LogP contribution in [0.1, 0.15) is 11.1 Å². The molecule has 0 aliphatic carbocycles. The van der Waals surface area contributed by atoms with Crippen molar-refractivity contribution < 1.29 is 14.6 Å². The maximum Gasteiger partial charge on any atom is 0.307 e. The summed E-state index contributed by atoms with van der Waals surface area (Å²) in [6.07, 6.45) is -0.0781. The summed E-state index contributed by atoms with van der Waals surface area (Å²) in [5.74, 6) is 4.46. The third-order valence-electron chi connectivity index (χ3n) is 1.87. The van der Waals surface area contributed by atoms with Gasteiger partial charge in [-0.2, -0.15) is 5.26 Å². The van der Waals surface area contributed by atoms with E-state index in [1.165, 1.54) is 7.11 Å². The number of benzene rings is 1. The summed E-state index contributed by atoms with van der Waals surface area (Å²) in [6, 6.07) is 6.60. The Balaban J connectivity index is 3.11. The highest BCUT2D eigenvalue weighted by atomic mass is 16.5. The quantitative estimate of drug-likeness (QED) is 0.769. The molecule has 0 saturated heterocycles. The number of nitrogens with zero attached hydrogens (tertiary/aromatic N) is 1. The van der Waals surface area contributed by atoms with Crippen molar-refractivity contribution in [2.24, 2.45) is 0 Å². The van der Waals surface area contributed by atoms with Gasteiger partial charge in [-0.15, -0.1) is 0 Å². The molecule has 0 atom stereocenters. The third-order valence-corrected chi connectivity index (χ3v) is 1.87. The Morgan fingerprint density at radius 3 is 2.88 bits per heavy atom. The number of ether oxygens (including phenoxy) is 1. The number of carbonyl (C=O) groups is 1. The second kappa shape index (κ2) is 5.43. The lowest BCUT2D eigenvalue weighted by molar-refractivity contribution is -0.136. The van der Waals surface area contributed by atoms with Gasteiger partial charge in [0.1, 0.15) is 5.75 Å². The van der Waals surface area contributed by atoms with Gasteiger partial charge in [-0.3, -0.25) is 4.79 Å². The van der Waals surface area contributed by atoms with Crippen LogP contribution in [0.4, 0.5) is 0 Å². The van der Waals surface area contributed by atoms with Gasteiger partial charge in [0, 0.05) is 5.92 Å². The van der Waals surface area contributed by atoms with Crippen LogP contribution in [0.3, 0.4) is 0 Å². The molecule has 0 saturated carbocycles. The standard InChI is InChI=1S/C12H9NO3/c1-16-11-5-4-9(8-12(14)15)7-10(11)3-2-6-13/h4-5,7H,8H2,1H3,(H,14,15). The van der Waals surface area contributed by atoms with Gasteiger partial charge >= 0.3 is 5.97 Å². The molecular formula is C12H9NO3. The first-order valence-corrected chi connectivity index (χ1v) is 4.46. The van der Waals surface area contributed by atoms with Crippen molar-refractivity contribution in [3.05, 3.63) is 29.3 Å². The highest BCUT2D eigenvalue weighted by molar-refractivity contribution is 5.70. The predicted octanol–water partition coefficient (Wildman–Crippen LogP) is 1.20. The van der Waals surface area contributed by atoms with Crippen molar-refractivity contribution >= 4 is 5.97 Å². The largest absolute Gasteiger partial charge is 0.495 e. The summed E-state index contributed by atoms with van der Waals surface area (Å²) < 4.78 is 5.04. The number of nitriles is 1. The second-order valence-electron chi connectivity index (χ2n) is 2.97. The fraction of sp³-hybridized carbons (Fsp3) is 0.167. The normalized spacial score (nSPS) is 8.50. The van der Waals surface area contributed by atoms with E-state index in [1.807, 2.05) is 0 Å². The Hall–Kier alpha value is -2.46. The molecule has 0 aromatic heterocycles. The molecule has 4 heteroatoms. The molecule has 0 fully saturated rings. The van der Waals surface area contributed by atoms with Crippen LogP contribution in [0.2, 0.25) is 0 Å². The summed E-state index contributed by atoms with van der Waals surface area (Å²) in [5.41, 5.74) is 1.14. The minimum Gasteiger partial charge on any atom is -0.495 e. The van der Waals surface area contributed by atoms with Crippen LogP contribution in [0.25, 0.3) is 0 Å². The molecule has 1 aromatic carbocycles. The molecule has 1 aromatic rings. The Morgan fingerprint density at radius 1 is 1.56 bits per heavy atom. The van der Waals surface area contributed by atoms with Crippen molar-refractivity contribution in [2.45, 2.75) is 6.42 Å². The monoisotopic (exact) mass is 215 g/mol. The summed E-state index contributed by atoms with van der Waals surface area (Å²) in [4.78, 5) is 10.5. The topological polar surface area (TPSA) is 70.3 Å². The van der Waals surface area contributed by atoms with Crippen LogP contribution in [-0.4, -0.2) is 18.2 Å². The Labute approximate surface area is 93.1 Å². The maximum absolute atomic E-state index is 10.5. The van der Waals surface area contributed by atoms with E-state index in [0.717, 1.165) is 0 Å². The minimum absolute atomic E-state index is 0.0781. The van der Waals surface area contributed by atoms with E-state index in [1.54, 1.807) is 24.3 Å². The van der Waals surface area contributed by atoms with Crippen molar-refractivity contribution in [3.8, 4) is 23.7 Å². The summed E-state index contributed by atoms with van der Waals surface area (Å²) in [5, 5.41) is 17.0. The molecule has 1 N–H and O–H groups in total. The molecule has 0 amide bonds. The summed E-state index contributed by atoms with van der Waals surface area (Å²) in [7, 11) is 1.49. The van der Waals surface area contributed by atoms with E-state index in [-0.39, 0.29) is 6.42 Å². The lowest BCUT2D eigenvalue weighted by atomic mass is 10.1. The van der Waals surface area contributed by atoms with Crippen molar-refractivity contribution in [1.82, 2.24) is 0 Å². The number of carboxylic acid groups (broad SMARTS) is 1. The van der Waals surface area contributed by atoms with Crippen LogP contribution in [-0.2, 0) is 11.2 Å². The first-order chi connectivity index (χ1) is 7.67. The molecular weight excluding hydrogens is 206 g/mol. The van der Waals surface area contributed by atoms with E-state index >= 15 is 0 Å². The summed E-state index contributed by atoms with van der Waals surface area (Å²) in [6.45, 7) is 0. The number of rotatable bonds is 3. The third kappa shape index (κ3) is 3.04. The fourth-order valence-corrected chi connectivity index (χ4v) is 1.23. The highest BCUT2D eigenvalue weighted by Gasteiger charge is 2.05. The lowest BCUT2D eigenvalue weighted by Gasteiger charge is -2.04. The average molecular weight is 215 g/mol. The molecule has 0 spiro atoms. The number of methoxy groups -OCH3 is 1. The van der Waals surface area contributed by atoms with Crippen molar-refractivity contribution in [2.75, 3.05) is 7.11 Å². The van der Waals surface area contributed by atoms with Crippen LogP contribution in [0, 0.1) is 23.2 Å². The number of hydrogen-bond acceptors (Lipinski definition) is 3. The smallest absolute Gasteiger partial charge is 0.307 e. The number of carboxylic acids is 1. The number of aliphatic carboxylic acids is 1. The molecule has 4 nitrogen and oxygen atoms in total. The molecule has 16 heavy (non-hydrogen) atoms. The van der Waals surface area contributed by atoms with Crippen LogP contribution in [0.15, 0.2) is 18.2 Å². The first kappa shape index (κ1) is 11.6. The van der Waals surface area contributed by atoms with Gasteiger partial charge in [-0.25, -0.2) is 0 Å². The van der Waals surface area contributed by atoms with Crippen LogP contribution >= 0.6 is 0 Å². The van der Waals surface area contributed by atoms with E-state index in [9.17, 15) is 4.79 Å². The zero-order chi connectivity index (χ0) is 12.0. The minimum atomic E-state index is -0.913. The first-order valence-electron chi connectivity index (χ1n) is 4.46. The molecule has 80 valence electrons. The Kier molecular flexibility index (Phi) is 3.94. The molecule has 0 unspecified atom stereocenters. The van der Waals surface area contributed by atoms with Crippen LogP contribution < -0.4 is 4.74 Å². The van der Waals surface area contributed by atoms with Gasteiger partial charge in [0.25, 0.3) is 0 Å². The van der Waals surface area contributed by atoms with E-state index in [2.05, 4.69) is 11.8 Å². The van der Waals surface area contributed by atoms with Gasteiger partial charge in [-0.05, 0) is 23.6 Å². The van der Waals surface area contributed by atoms with E-state index < -0.39 is 5.97 Å². The Morgan fingerprint density at radius 2 is 2.31 bits per heavy atom. The fourth-order valence-electron chi connectivity index (χ4n) is 1.23. The molecule has 0 radical (unpaired) electrons. The van der Waals surface area contributed by atoms with Gasteiger partial charge < -0.3 is 9.84 Å². The maximum atomic E-state index is 10.5. The second-order valence-corrected chi connectivity index (χ2v) is 2.97. The lowest BCUT2D eigenvalue weighted by Crippen LogP contribution is -2.00. The zero-order valence-corrected chi connectivity index (χ0v) is 8.65. The van der Waals surface area contributed by atoms with Crippen molar-refractivity contribution in [1.29, 1.82) is 5.26 Å². The van der Waals surface area contributed by atoms with Crippen LogP contribution in [0.5, 0.6) is 5.75 Å². The zero-order valence-electron chi connectivity index (χ0n) is 8.65.